The lowest BCUT2D eigenvalue weighted by Crippen LogP contribution is -2.40. The van der Waals surface area contributed by atoms with Crippen LogP contribution in [-0.2, 0) is 14.3 Å². The Hall–Kier alpha value is -1.40. The van der Waals surface area contributed by atoms with E-state index in [2.05, 4.69) is 5.32 Å². The summed E-state index contributed by atoms with van der Waals surface area (Å²) in [5.41, 5.74) is 0. The second-order valence-electron chi connectivity index (χ2n) is 4.66. The maximum Gasteiger partial charge on any atom is 0.349 e. The Morgan fingerprint density at radius 3 is 3.05 bits per heavy atom. The number of nitrogens with one attached hydrogen (secondary N) is 1. The SMILES string of the molecule is CC[C@@H](OC(=O)c1cccs1)C(=O)NC[C@@H]1CCCO1. The quantitative estimate of drug-likeness (QED) is 0.815. The van der Waals surface area contributed by atoms with E-state index >= 15 is 0 Å². The van der Waals surface area contributed by atoms with Gasteiger partial charge in [0, 0.05) is 13.2 Å². The average molecular weight is 297 g/mol. The Kier molecular flexibility index (Phi) is 5.55. The maximum atomic E-state index is 12.0. The van der Waals surface area contributed by atoms with Crippen LogP contribution in [0, 0.1) is 0 Å². The zero-order chi connectivity index (χ0) is 14.4. The van der Waals surface area contributed by atoms with Crippen molar-refractivity contribution in [3.63, 3.8) is 0 Å². The van der Waals surface area contributed by atoms with E-state index in [1.807, 2.05) is 6.92 Å². The summed E-state index contributed by atoms with van der Waals surface area (Å²) >= 11 is 1.30. The summed E-state index contributed by atoms with van der Waals surface area (Å²) in [4.78, 5) is 24.3. The summed E-state index contributed by atoms with van der Waals surface area (Å²) in [6.07, 6.45) is 1.79. The molecule has 1 aromatic rings. The molecule has 0 aliphatic carbocycles. The molecule has 0 unspecified atom stereocenters. The molecule has 1 aromatic heterocycles. The smallest absolute Gasteiger partial charge is 0.349 e. The van der Waals surface area contributed by atoms with Gasteiger partial charge in [-0.2, -0.15) is 0 Å². The third-order valence-electron chi connectivity index (χ3n) is 3.16. The van der Waals surface area contributed by atoms with Crippen LogP contribution in [0.25, 0.3) is 0 Å². The van der Waals surface area contributed by atoms with E-state index in [4.69, 9.17) is 9.47 Å². The number of amides is 1. The number of hydrogen-bond donors (Lipinski definition) is 1. The number of thiophene rings is 1. The maximum absolute atomic E-state index is 12.0. The third-order valence-corrected chi connectivity index (χ3v) is 4.01. The molecular formula is C14H19NO4S. The fraction of sp³-hybridized carbons (Fsp3) is 0.571. The van der Waals surface area contributed by atoms with Gasteiger partial charge in [-0.15, -0.1) is 11.3 Å². The summed E-state index contributed by atoms with van der Waals surface area (Å²) in [7, 11) is 0. The average Bonchev–Trinajstić information content (AvgIpc) is 3.13. The van der Waals surface area contributed by atoms with Gasteiger partial charge in [0.05, 0.1) is 6.10 Å². The van der Waals surface area contributed by atoms with Crippen molar-refractivity contribution in [1.82, 2.24) is 5.32 Å². The molecule has 1 fully saturated rings. The first-order valence-electron chi connectivity index (χ1n) is 6.84. The lowest BCUT2D eigenvalue weighted by molar-refractivity contribution is -0.130. The standard InChI is InChI=1S/C14H19NO4S/c1-2-11(19-14(17)12-6-4-8-20-12)13(16)15-9-10-5-3-7-18-10/h4,6,8,10-11H,2-3,5,7,9H2,1H3,(H,15,16)/t10-,11+/m0/s1. The molecule has 0 spiro atoms. The minimum absolute atomic E-state index is 0.0875. The van der Waals surface area contributed by atoms with Gasteiger partial charge in [0.1, 0.15) is 4.88 Å². The molecule has 20 heavy (non-hydrogen) atoms. The molecule has 0 radical (unpaired) electrons. The molecular weight excluding hydrogens is 278 g/mol. The van der Waals surface area contributed by atoms with Crippen LogP contribution in [0.1, 0.15) is 35.9 Å². The molecule has 1 aliphatic rings. The Labute approximate surface area is 122 Å². The molecule has 1 N–H and O–H groups in total. The van der Waals surface area contributed by atoms with E-state index in [9.17, 15) is 9.59 Å². The van der Waals surface area contributed by atoms with Crippen LogP contribution >= 0.6 is 11.3 Å². The predicted molar refractivity (Wildman–Crippen MR) is 75.8 cm³/mol. The number of carbonyl (C=O) groups is 2. The van der Waals surface area contributed by atoms with E-state index < -0.39 is 12.1 Å². The first-order chi connectivity index (χ1) is 9.70. The predicted octanol–water partition coefficient (Wildman–Crippen LogP) is 1.98. The lowest BCUT2D eigenvalue weighted by atomic mass is 10.2. The van der Waals surface area contributed by atoms with Gasteiger partial charge in [-0.05, 0) is 30.7 Å². The summed E-state index contributed by atoms with van der Waals surface area (Å²) < 4.78 is 10.7. The summed E-state index contributed by atoms with van der Waals surface area (Å²) in [5.74, 6) is -0.702. The number of esters is 1. The summed E-state index contributed by atoms with van der Waals surface area (Å²) in [5, 5.41) is 4.59. The zero-order valence-corrected chi connectivity index (χ0v) is 12.3. The topological polar surface area (TPSA) is 64.6 Å². The largest absolute Gasteiger partial charge is 0.448 e. The van der Waals surface area contributed by atoms with Gasteiger partial charge in [0.15, 0.2) is 6.10 Å². The normalized spacial score (nSPS) is 19.6. The molecule has 1 amide bonds. The Morgan fingerprint density at radius 1 is 1.60 bits per heavy atom. The lowest BCUT2D eigenvalue weighted by Gasteiger charge is -2.17. The molecule has 5 nitrogen and oxygen atoms in total. The number of ether oxygens (including phenoxy) is 2. The first-order valence-corrected chi connectivity index (χ1v) is 7.72. The van der Waals surface area contributed by atoms with Gasteiger partial charge in [-0.25, -0.2) is 4.79 Å². The molecule has 1 aliphatic heterocycles. The number of rotatable bonds is 6. The fourth-order valence-corrected chi connectivity index (χ4v) is 2.64. The zero-order valence-electron chi connectivity index (χ0n) is 11.5. The minimum atomic E-state index is -0.744. The second-order valence-corrected chi connectivity index (χ2v) is 5.61. The number of carbonyl (C=O) groups excluding carboxylic acids is 2. The Balaban J connectivity index is 1.80. The molecule has 0 saturated carbocycles. The molecule has 2 rings (SSSR count). The molecule has 1 saturated heterocycles. The highest BCUT2D eigenvalue weighted by Gasteiger charge is 2.24. The van der Waals surface area contributed by atoms with Crippen molar-refractivity contribution in [2.45, 2.75) is 38.4 Å². The fourth-order valence-electron chi connectivity index (χ4n) is 2.04. The van der Waals surface area contributed by atoms with Crippen LogP contribution < -0.4 is 5.32 Å². The van der Waals surface area contributed by atoms with Crippen molar-refractivity contribution in [2.24, 2.45) is 0 Å². The van der Waals surface area contributed by atoms with Crippen LogP contribution in [0.4, 0.5) is 0 Å². The highest BCUT2D eigenvalue weighted by atomic mass is 32.1. The Morgan fingerprint density at radius 2 is 2.45 bits per heavy atom. The van der Waals surface area contributed by atoms with E-state index in [0.717, 1.165) is 19.4 Å². The van der Waals surface area contributed by atoms with E-state index in [-0.39, 0.29) is 12.0 Å². The number of hydrogen-bond acceptors (Lipinski definition) is 5. The van der Waals surface area contributed by atoms with Gasteiger partial charge in [-0.1, -0.05) is 13.0 Å². The molecule has 2 atom stereocenters. The highest BCUT2D eigenvalue weighted by Crippen LogP contribution is 2.13. The van der Waals surface area contributed by atoms with Crippen molar-refractivity contribution < 1.29 is 19.1 Å². The third kappa shape index (κ3) is 4.05. The van der Waals surface area contributed by atoms with Crippen molar-refractivity contribution in [2.75, 3.05) is 13.2 Å². The molecule has 2 heterocycles. The van der Waals surface area contributed by atoms with Crippen molar-refractivity contribution in [3.05, 3.63) is 22.4 Å². The second kappa shape index (κ2) is 7.40. The van der Waals surface area contributed by atoms with Crippen LogP contribution in [0.3, 0.4) is 0 Å². The van der Waals surface area contributed by atoms with Crippen LogP contribution in [-0.4, -0.2) is 37.2 Å². The van der Waals surface area contributed by atoms with E-state index in [1.165, 1.54) is 11.3 Å². The van der Waals surface area contributed by atoms with Crippen molar-refractivity contribution in [1.29, 1.82) is 0 Å². The van der Waals surface area contributed by atoms with Crippen molar-refractivity contribution >= 4 is 23.2 Å². The monoisotopic (exact) mass is 297 g/mol. The van der Waals surface area contributed by atoms with Gasteiger partial charge < -0.3 is 14.8 Å². The summed E-state index contributed by atoms with van der Waals surface area (Å²) in [6, 6.07) is 3.46. The van der Waals surface area contributed by atoms with Crippen LogP contribution in [0.5, 0.6) is 0 Å². The summed E-state index contributed by atoms with van der Waals surface area (Å²) in [6.45, 7) is 3.05. The van der Waals surface area contributed by atoms with E-state index in [0.29, 0.717) is 17.8 Å². The van der Waals surface area contributed by atoms with Gasteiger partial charge in [0.2, 0.25) is 0 Å². The van der Waals surface area contributed by atoms with Gasteiger partial charge in [0.25, 0.3) is 5.91 Å². The first kappa shape index (κ1) is 15.0. The minimum Gasteiger partial charge on any atom is -0.448 e. The van der Waals surface area contributed by atoms with Crippen LogP contribution in [0.15, 0.2) is 17.5 Å². The van der Waals surface area contributed by atoms with Crippen LogP contribution in [0.2, 0.25) is 0 Å². The van der Waals surface area contributed by atoms with E-state index in [1.54, 1.807) is 17.5 Å². The highest BCUT2D eigenvalue weighted by molar-refractivity contribution is 7.11. The molecule has 0 bridgehead atoms. The van der Waals surface area contributed by atoms with Gasteiger partial charge in [-0.3, -0.25) is 4.79 Å². The molecule has 110 valence electrons. The Bertz CT molecular complexity index is 440. The molecule has 6 heteroatoms. The van der Waals surface area contributed by atoms with Gasteiger partial charge >= 0.3 is 5.97 Å². The van der Waals surface area contributed by atoms with Crippen molar-refractivity contribution in [3.8, 4) is 0 Å². The molecule has 0 aromatic carbocycles.